The minimum Gasteiger partial charge on any atom is -0.280 e. The van der Waals surface area contributed by atoms with Gasteiger partial charge in [-0.15, -0.1) is 0 Å². The maximum atomic E-state index is 12.9. The molecule has 0 unspecified atom stereocenters. The van der Waals surface area contributed by atoms with Crippen LogP contribution in [0.3, 0.4) is 0 Å². The first kappa shape index (κ1) is 19.1. The number of thioether (sulfide) groups is 1. The molecule has 3 aromatic heterocycles. The molecule has 1 aromatic carbocycles. The molecule has 0 aliphatic carbocycles. The summed E-state index contributed by atoms with van der Waals surface area (Å²) in [6.07, 6.45) is 1.73. The summed E-state index contributed by atoms with van der Waals surface area (Å²) in [6.45, 7) is 1.99. The van der Waals surface area contributed by atoms with E-state index in [1.165, 1.54) is 23.4 Å². The van der Waals surface area contributed by atoms with Crippen LogP contribution in [0.15, 0.2) is 63.3 Å². The fraction of sp³-hybridized carbons (Fsp3) is 0.190. The summed E-state index contributed by atoms with van der Waals surface area (Å²) in [5.41, 5.74) is 2.29. The normalized spacial score (nSPS) is 11.1. The summed E-state index contributed by atoms with van der Waals surface area (Å²) in [4.78, 5) is 38.9. The van der Waals surface area contributed by atoms with Crippen molar-refractivity contribution in [2.75, 3.05) is 0 Å². The van der Waals surface area contributed by atoms with Gasteiger partial charge in [0, 0.05) is 31.6 Å². The Hall–Kier alpha value is -3.26. The van der Waals surface area contributed by atoms with Gasteiger partial charge in [0.2, 0.25) is 0 Å². The summed E-state index contributed by atoms with van der Waals surface area (Å²) in [5, 5.41) is 0.875. The van der Waals surface area contributed by atoms with E-state index in [0.29, 0.717) is 27.6 Å². The number of hydrogen-bond acceptors (Lipinski definition) is 6. The van der Waals surface area contributed by atoms with E-state index >= 15 is 0 Å². The summed E-state index contributed by atoms with van der Waals surface area (Å²) in [6, 6.07) is 13.5. The van der Waals surface area contributed by atoms with E-state index in [1.54, 1.807) is 13.2 Å². The third-order valence-corrected chi connectivity index (χ3v) is 5.63. The summed E-state index contributed by atoms with van der Waals surface area (Å²) in [7, 11) is 3.08. The first-order chi connectivity index (χ1) is 14.0. The Morgan fingerprint density at radius 2 is 1.83 bits per heavy atom. The second-order valence-corrected chi connectivity index (χ2v) is 7.70. The van der Waals surface area contributed by atoms with Gasteiger partial charge in [-0.05, 0) is 25.1 Å². The van der Waals surface area contributed by atoms with Crippen LogP contribution in [-0.4, -0.2) is 24.1 Å². The molecule has 0 aliphatic rings. The van der Waals surface area contributed by atoms with Gasteiger partial charge in [0.1, 0.15) is 10.4 Å². The SMILES string of the molecule is Cc1cccc(-c2nc(SCc3ccccn3)c3c(=O)n(C)c(=O)n(C)c3n2)c1. The third kappa shape index (κ3) is 3.58. The van der Waals surface area contributed by atoms with Gasteiger partial charge < -0.3 is 0 Å². The molecule has 0 saturated heterocycles. The average molecular weight is 405 g/mol. The van der Waals surface area contributed by atoms with Gasteiger partial charge in [-0.25, -0.2) is 14.8 Å². The van der Waals surface area contributed by atoms with Crippen molar-refractivity contribution in [3.63, 3.8) is 0 Å². The van der Waals surface area contributed by atoms with Crippen molar-refractivity contribution in [3.05, 3.63) is 80.8 Å². The average Bonchev–Trinajstić information content (AvgIpc) is 2.74. The zero-order valence-corrected chi connectivity index (χ0v) is 17.1. The molecule has 8 heteroatoms. The predicted molar refractivity (Wildman–Crippen MR) is 114 cm³/mol. The van der Waals surface area contributed by atoms with Gasteiger partial charge in [-0.3, -0.25) is 18.9 Å². The molecule has 0 aliphatic heterocycles. The fourth-order valence-corrected chi connectivity index (χ4v) is 4.00. The largest absolute Gasteiger partial charge is 0.332 e. The van der Waals surface area contributed by atoms with E-state index in [4.69, 9.17) is 4.98 Å². The Morgan fingerprint density at radius 1 is 1.00 bits per heavy atom. The molecule has 3 heterocycles. The lowest BCUT2D eigenvalue weighted by molar-refractivity contribution is 0.703. The first-order valence-electron chi connectivity index (χ1n) is 9.03. The Kier molecular flexibility index (Phi) is 5.02. The molecule has 0 radical (unpaired) electrons. The number of nitrogens with zero attached hydrogens (tertiary/aromatic N) is 5. The van der Waals surface area contributed by atoms with Crippen molar-refractivity contribution in [1.82, 2.24) is 24.1 Å². The fourth-order valence-electron chi connectivity index (χ4n) is 3.07. The maximum absolute atomic E-state index is 12.9. The number of aromatic nitrogens is 5. The predicted octanol–water partition coefficient (Wildman–Crippen LogP) is 2.69. The van der Waals surface area contributed by atoms with Crippen molar-refractivity contribution in [2.45, 2.75) is 17.7 Å². The monoisotopic (exact) mass is 405 g/mol. The molecule has 0 atom stereocenters. The van der Waals surface area contributed by atoms with Crippen molar-refractivity contribution >= 4 is 22.8 Å². The molecule has 4 rings (SSSR count). The lowest BCUT2D eigenvalue weighted by Gasteiger charge is -2.12. The highest BCUT2D eigenvalue weighted by atomic mass is 32.2. The van der Waals surface area contributed by atoms with Crippen LogP contribution in [0.2, 0.25) is 0 Å². The van der Waals surface area contributed by atoms with Gasteiger partial charge >= 0.3 is 5.69 Å². The second-order valence-electron chi connectivity index (χ2n) is 6.74. The Bertz CT molecular complexity index is 1330. The molecule has 29 heavy (non-hydrogen) atoms. The van der Waals surface area contributed by atoms with E-state index in [-0.39, 0.29) is 0 Å². The van der Waals surface area contributed by atoms with E-state index in [1.807, 2.05) is 49.4 Å². The summed E-state index contributed by atoms with van der Waals surface area (Å²) in [5.74, 6) is 1.03. The van der Waals surface area contributed by atoms with Crippen LogP contribution in [0.5, 0.6) is 0 Å². The van der Waals surface area contributed by atoms with E-state index in [2.05, 4.69) is 9.97 Å². The van der Waals surface area contributed by atoms with E-state index in [9.17, 15) is 9.59 Å². The van der Waals surface area contributed by atoms with E-state index < -0.39 is 11.2 Å². The van der Waals surface area contributed by atoms with Crippen molar-refractivity contribution in [3.8, 4) is 11.4 Å². The van der Waals surface area contributed by atoms with Crippen molar-refractivity contribution in [1.29, 1.82) is 0 Å². The quantitative estimate of drug-likeness (QED) is 0.383. The van der Waals surface area contributed by atoms with Gasteiger partial charge in [0.05, 0.1) is 5.69 Å². The van der Waals surface area contributed by atoms with Crippen LogP contribution in [0.1, 0.15) is 11.3 Å². The van der Waals surface area contributed by atoms with Gasteiger partial charge in [-0.2, -0.15) is 0 Å². The number of benzene rings is 1. The Morgan fingerprint density at radius 3 is 2.55 bits per heavy atom. The minimum absolute atomic E-state index is 0.327. The molecular formula is C21H19N5O2S. The highest BCUT2D eigenvalue weighted by Crippen LogP contribution is 2.28. The molecule has 0 fully saturated rings. The molecule has 0 amide bonds. The molecule has 0 bridgehead atoms. The lowest BCUT2D eigenvalue weighted by Crippen LogP contribution is -2.37. The van der Waals surface area contributed by atoms with Crippen molar-refractivity contribution < 1.29 is 0 Å². The maximum Gasteiger partial charge on any atom is 0.332 e. The number of fused-ring (bicyclic) bond motifs is 1. The topological polar surface area (TPSA) is 82.7 Å². The molecule has 0 N–H and O–H groups in total. The lowest BCUT2D eigenvalue weighted by atomic mass is 10.1. The number of aryl methyl sites for hydroxylation is 2. The van der Waals surface area contributed by atoms with Crippen LogP contribution in [0.4, 0.5) is 0 Å². The van der Waals surface area contributed by atoms with Crippen LogP contribution < -0.4 is 11.2 Å². The Balaban J connectivity index is 1.95. The standard InChI is InChI=1S/C21H19N5O2S/c1-13-7-6-8-14(11-13)17-23-18-16(20(27)26(3)21(28)25(18)2)19(24-17)29-12-15-9-4-5-10-22-15/h4-11H,12H2,1-3H3. The highest BCUT2D eigenvalue weighted by Gasteiger charge is 2.18. The van der Waals surface area contributed by atoms with Crippen molar-refractivity contribution in [2.24, 2.45) is 14.1 Å². The minimum atomic E-state index is -0.419. The molecule has 7 nitrogen and oxygen atoms in total. The Labute approximate surface area is 171 Å². The third-order valence-electron chi connectivity index (χ3n) is 4.63. The summed E-state index contributed by atoms with van der Waals surface area (Å²) < 4.78 is 2.48. The zero-order valence-electron chi connectivity index (χ0n) is 16.3. The van der Waals surface area contributed by atoms with Crippen LogP contribution >= 0.6 is 11.8 Å². The number of hydrogen-bond donors (Lipinski definition) is 0. The molecule has 146 valence electrons. The van der Waals surface area contributed by atoms with Crippen LogP contribution in [0, 0.1) is 6.92 Å². The van der Waals surface area contributed by atoms with E-state index in [0.717, 1.165) is 21.4 Å². The second kappa shape index (κ2) is 7.63. The van der Waals surface area contributed by atoms with Gasteiger partial charge in [-0.1, -0.05) is 41.6 Å². The molecule has 4 aromatic rings. The number of rotatable bonds is 4. The van der Waals surface area contributed by atoms with Crippen LogP contribution in [-0.2, 0) is 19.8 Å². The first-order valence-corrected chi connectivity index (χ1v) is 10.0. The van der Waals surface area contributed by atoms with Crippen LogP contribution in [0.25, 0.3) is 22.4 Å². The van der Waals surface area contributed by atoms with Gasteiger partial charge in [0.25, 0.3) is 5.56 Å². The molecule has 0 spiro atoms. The highest BCUT2D eigenvalue weighted by molar-refractivity contribution is 7.98. The smallest absolute Gasteiger partial charge is 0.280 e. The number of pyridine rings is 1. The zero-order chi connectivity index (χ0) is 20.5. The molecule has 0 saturated carbocycles. The van der Waals surface area contributed by atoms with Gasteiger partial charge in [0.15, 0.2) is 11.5 Å². The summed E-state index contributed by atoms with van der Waals surface area (Å²) >= 11 is 1.41. The molecular weight excluding hydrogens is 386 g/mol.